The van der Waals surface area contributed by atoms with Crippen LogP contribution in [0.2, 0.25) is 0 Å². The van der Waals surface area contributed by atoms with Crippen LogP contribution in [-0.2, 0) is 17.9 Å². The van der Waals surface area contributed by atoms with Crippen molar-refractivity contribution >= 4 is 5.97 Å². The molecule has 0 saturated carbocycles. The summed E-state index contributed by atoms with van der Waals surface area (Å²) in [6, 6.07) is 0. The van der Waals surface area contributed by atoms with Crippen LogP contribution >= 0.6 is 0 Å². The summed E-state index contributed by atoms with van der Waals surface area (Å²) in [7, 11) is 0. The zero-order valence-electron chi connectivity index (χ0n) is 11.8. The molecule has 1 aromatic rings. The largest absolute Gasteiger partial charge is 0.481 e. The third kappa shape index (κ3) is 6.33. The van der Waals surface area contributed by atoms with E-state index in [4.69, 9.17) is 5.11 Å². The average molecular weight is 268 g/mol. The number of nitrogens with one attached hydrogen (secondary N) is 1. The van der Waals surface area contributed by atoms with Crippen LogP contribution in [0.15, 0.2) is 6.33 Å². The van der Waals surface area contributed by atoms with Gasteiger partial charge in [-0.1, -0.05) is 13.8 Å². The van der Waals surface area contributed by atoms with Gasteiger partial charge in [-0.25, -0.2) is 9.67 Å². The second kappa shape index (κ2) is 8.63. The first-order chi connectivity index (χ1) is 9.13. The van der Waals surface area contributed by atoms with Gasteiger partial charge in [0.25, 0.3) is 0 Å². The predicted octanol–water partition coefficient (Wildman–Crippen LogP) is 1.67. The summed E-state index contributed by atoms with van der Waals surface area (Å²) >= 11 is 0. The molecule has 1 heterocycles. The Hall–Kier alpha value is -1.43. The van der Waals surface area contributed by atoms with E-state index < -0.39 is 5.97 Å². The lowest BCUT2D eigenvalue weighted by Crippen LogP contribution is -2.20. The third-order valence-electron chi connectivity index (χ3n) is 3.08. The number of hydrogen-bond acceptors (Lipinski definition) is 4. The van der Waals surface area contributed by atoms with E-state index >= 15 is 0 Å². The first-order valence-electron chi connectivity index (χ1n) is 6.92. The highest BCUT2D eigenvalue weighted by Crippen LogP contribution is 2.09. The molecule has 0 spiro atoms. The molecule has 0 aromatic carbocycles. The molecular formula is C13H24N4O2. The van der Waals surface area contributed by atoms with Gasteiger partial charge in [-0.15, -0.1) is 0 Å². The van der Waals surface area contributed by atoms with Gasteiger partial charge in [0.15, 0.2) is 0 Å². The lowest BCUT2D eigenvalue weighted by atomic mass is 10.0. The van der Waals surface area contributed by atoms with Crippen molar-refractivity contribution in [3.63, 3.8) is 0 Å². The fourth-order valence-electron chi connectivity index (χ4n) is 1.89. The van der Waals surface area contributed by atoms with Gasteiger partial charge < -0.3 is 10.4 Å². The summed E-state index contributed by atoms with van der Waals surface area (Å²) in [5.41, 5.74) is 0. The molecule has 0 radical (unpaired) electrons. The van der Waals surface area contributed by atoms with Gasteiger partial charge in [0.1, 0.15) is 12.2 Å². The summed E-state index contributed by atoms with van der Waals surface area (Å²) in [6.45, 7) is 6.69. The molecule has 1 unspecified atom stereocenters. The Labute approximate surface area is 114 Å². The first kappa shape index (κ1) is 15.6. The van der Waals surface area contributed by atoms with E-state index in [1.54, 1.807) is 6.33 Å². The van der Waals surface area contributed by atoms with Gasteiger partial charge in [-0.3, -0.25) is 4.79 Å². The number of aromatic nitrogens is 3. The molecule has 6 heteroatoms. The van der Waals surface area contributed by atoms with Crippen LogP contribution in [0.4, 0.5) is 0 Å². The Kier molecular flexibility index (Phi) is 7.10. The minimum atomic E-state index is -0.715. The highest BCUT2D eigenvalue weighted by molar-refractivity contribution is 5.66. The highest BCUT2D eigenvalue weighted by atomic mass is 16.4. The lowest BCUT2D eigenvalue weighted by molar-refractivity contribution is -0.137. The molecule has 19 heavy (non-hydrogen) atoms. The molecule has 1 aromatic heterocycles. The van der Waals surface area contributed by atoms with E-state index in [0.29, 0.717) is 12.5 Å². The predicted molar refractivity (Wildman–Crippen MR) is 72.7 cm³/mol. The maximum Gasteiger partial charge on any atom is 0.303 e. The molecule has 2 N–H and O–H groups in total. The number of aryl methyl sites for hydroxylation is 1. The SMILES string of the molecule is CCCn1ncnc1CNCCC(C)CCC(=O)O. The number of carbonyl (C=O) groups is 1. The number of rotatable bonds is 10. The number of carboxylic acids is 1. The Balaban J connectivity index is 2.16. The second-order valence-corrected chi connectivity index (χ2v) is 4.90. The van der Waals surface area contributed by atoms with E-state index in [-0.39, 0.29) is 6.42 Å². The molecule has 0 aliphatic carbocycles. The average Bonchev–Trinajstić information content (AvgIpc) is 2.80. The van der Waals surface area contributed by atoms with Gasteiger partial charge in [0, 0.05) is 13.0 Å². The van der Waals surface area contributed by atoms with Gasteiger partial charge in [0.2, 0.25) is 0 Å². The molecule has 6 nitrogen and oxygen atoms in total. The summed E-state index contributed by atoms with van der Waals surface area (Å²) < 4.78 is 1.92. The summed E-state index contributed by atoms with van der Waals surface area (Å²) in [5.74, 6) is 0.671. The van der Waals surface area contributed by atoms with Crippen molar-refractivity contribution in [3.8, 4) is 0 Å². The number of aliphatic carboxylic acids is 1. The van der Waals surface area contributed by atoms with Crippen molar-refractivity contribution in [2.75, 3.05) is 6.54 Å². The van der Waals surface area contributed by atoms with Gasteiger partial charge >= 0.3 is 5.97 Å². The van der Waals surface area contributed by atoms with Crippen molar-refractivity contribution in [1.82, 2.24) is 20.1 Å². The first-order valence-corrected chi connectivity index (χ1v) is 6.92. The van der Waals surface area contributed by atoms with E-state index in [0.717, 1.165) is 38.2 Å². The molecule has 0 amide bonds. The number of hydrogen-bond donors (Lipinski definition) is 2. The molecule has 0 aliphatic rings. The van der Waals surface area contributed by atoms with Crippen LogP contribution < -0.4 is 5.32 Å². The molecule has 1 rings (SSSR count). The van der Waals surface area contributed by atoms with Crippen molar-refractivity contribution in [3.05, 3.63) is 12.2 Å². The molecule has 108 valence electrons. The van der Waals surface area contributed by atoms with Crippen LogP contribution in [0.5, 0.6) is 0 Å². The topological polar surface area (TPSA) is 80.0 Å². The minimum absolute atomic E-state index is 0.256. The number of carboxylic acid groups (broad SMARTS) is 1. The Morgan fingerprint density at radius 3 is 3.00 bits per heavy atom. The van der Waals surface area contributed by atoms with Gasteiger partial charge in [0.05, 0.1) is 6.54 Å². The van der Waals surface area contributed by atoms with Gasteiger partial charge in [-0.2, -0.15) is 5.10 Å². The Morgan fingerprint density at radius 2 is 2.32 bits per heavy atom. The Bertz CT molecular complexity index is 378. The lowest BCUT2D eigenvalue weighted by Gasteiger charge is -2.11. The van der Waals surface area contributed by atoms with Crippen molar-refractivity contribution in [2.24, 2.45) is 5.92 Å². The van der Waals surface area contributed by atoms with Crippen LogP contribution in [0.3, 0.4) is 0 Å². The summed E-state index contributed by atoms with van der Waals surface area (Å²) in [4.78, 5) is 14.7. The van der Waals surface area contributed by atoms with Crippen molar-refractivity contribution in [2.45, 2.75) is 52.6 Å². The Morgan fingerprint density at radius 1 is 1.53 bits per heavy atom. The summed E-state index contributed by atoms with van der Waals surface area (Å²) in [6.07, 6.45) is 4.61. The van der Waals surface area contributed by atoms with Crippen molar-refractivity contribution < 1.29 is 9.90 Å². The number of nitrogens with zero attached hydrogens (tertiary/aromatic N) is 3. The van der Waals surface area contributed by atoms with Crippen LogP contribution in [0, 0.1) is 5.92 Å². The normalized spacial score (nSPS) is 12.5. The maximum absolute atomic E-state index is 10.5. The van der Waals surface area contributed by atoms with Crippen LogP contribution in [-0.4, -0.2) is 32.4 Å². The van der Waals surface area contributed by atoms with Gasteiger partial charge in [-0.05, 0) is 31.7 Å². The molecule has 0 aliphatic heterocycles. The monoisotopic (exact) mass is 268 g/mol. The third-order valence-corrected chi connectivity index (χ3v) is 3.08. The van der Waals surface area contributed by atoms with E-state index in [1.807, 2.05) is 4.68 Å². The van der Waals surface area contributed by atoms with Crippen LogP contribution in [0.25, 0.3) is 0 Å². The molecule has 0 fully saturated rings. The zero-order chi connectivity index (χ0) is 14.1. The van der Waals surface area contributed by atoms with E-state index in [1.165, 1.54) is 0 Å². The quantitative estimate of drug-likeness (QED) is 0.631. The fourth-order valence-corrected chi connectivity index (χ4v) is 1.89. The van der Waals surface area contributed by atoms with Crippen LogP contribution in [0.1, 0.15) is 45.4 Å². The molecule has 1 atom stereocenters. The van der Waals surface area contributed by atoms with Crippen molar-refractivity contribution in [1.29, 1.82) is 0 Å². The minimum Gasteiger partial charge on any atom is -0.481 e. The standard InChI is InChI=1S/C13H24N4O2/c1-3-8-17-12(15-10-16-17)9-14-7-6-11(2)4-5-13(18)19/h10-11,14H,3-9H2,1-2H3,(H,18,19). The molecular weight excluding hydrogens is 244 g/mol. The molecule has 0 saturated heterocycles. The maximum atomic E-state index is 10.5. The second-order valence-electron chi connectivity index (χ2n) is 4.90. The van der Waals surface area contributed by atoms with E-state index in [2.05, 4.69) is 29.2 Å². The van der Waals surface area contributed by atoms with E-state index in [9.17, 15) is 4.79 Å². The molecule has 0 bridgehead atoms. The smallest absolute Gasteiger partial charge is 0.303 e. The summed E-state index contributed by atoms with van der Waals surface area (Å²) in [5, 5.41) is 16.1. The highest BCUT2D eigenvalue weighted by Gasteiger charge is 2.06. The zero-order valence-corrected chi connectivity index (χ0v) is 11.8. The fraction of sp³-hybridized carbons (Fsp3) is 0.769.